The first-order valence-electron chi connectivity index (χ1n) is 4.90. The van der Waals surface area contributed by atoms with Gasteiger partial charge in [-0.3, -0.25) is 4.79 Å². The predicted octanol–water partition coefficient (Wildman–Crippen LogP) is 0.300. The lowest BCUT2D eigenvalue weighted by Gasteiger charge is -2.22. The van der Waals surface area contributed by atoms with E-state index in [0.29, 0.717) is 0 Å². The summed E-state index contributed by atoms with van der Waals surface area (Å²) in [6.45, 7) is 1.59. The van der Waals surface area contributed by atoms with Gasteiger partial charge in [0.15, 0.2) is 0 Å². The van der Waals surface area contributed by atoms with Crippen LogP contribution < -0.4 is 10.6 Å². The van der Waals surface area contributed by atoms with Crippen molar-refractivity contribution in [2.75, 3.05) is 13.1 Å². The first-order chi connectivity index (χ1) is 6.86. The maximum Gasteiger partial charge on any atom is 0.237 e. The highest BCUT2D eigenvalue weighted by Crippen LogP contribution is 2.06. The summed E-state index contributed by atoms with van der Waals surface area (Å²) in [5.74, 6) is 1.04. The molecule has 1 aromatic rings. The van der Waals surface area contributed by atoms with Crippen molar-refractivity contribution in [2.45, 2.75) is 18.9 Å². The highest BCUT2D eigenvalue weighted by molar-refractivity contribution is 5.82. The summed E-state index contributed by atoms with van der Waals surface area (Å²) in [7, 11) is 0. The Morgan fingerprint density at radius 3 is 3.14 bits per heavy atom. The molecule has 1 aliphatic heterocycles. The van der Waals surface area contributed by atoms with Crippen molar-refractivity contribution in [2.24, 2.45) is 0 Å². The molecule has 0 aliphatic carbocycles. The molecule has 1 saturated heterocycles. The Labute approximate surface area is 82.7 Å². The monoisotopic (exact) mass is 194 g/mol. The Bertz CT molecular complexity index is 295. The number of aryl methyl sites for hydroxylation is 1. The molecule has 0 saturated carbocycles. The normalized spacial score (nSPS) is 22.0. The molecule has 1 fully saturated rings. The summed E-state index contributed by atoms with van der Waals surface area (Å²) in [5.41, 5.74) is 0. The third-order valence-electron chi connectivity index (χ3n) is 2.39. The number of amides is 1. The maximum absolute atomic E-state index is 11.3. The number of hydrogen-bond donors (Lipinski definition) is 2. The molecule has 4 heteroatoms. The quantitative estimate of drug-likeness (QED) is 0.727. The minimum atomic E-state index is -0.0613. The second kappa shape index (κ2) is 4.28. The van der Waals surface area contributed by atoms with Crippen LogP contribution in [0.5, 0.6) is 0 Å². The molecule has 14 heavy (non-hydrogen) atoms. The Kier molecular flexibility index (Phi) is 2.84. The first-order valence-corrected chi connectivity index (χ1v) is 4.90. The van der Waals surface area contributed by atoms with Crippen LogP contribution in [0.15, 0.2) is 22.8 Å². The minimum absolute atomic E-state index is 0.0613. The molecule has 1 aromatic heterocycles. The summed E-state index contributed by atoms with van der Waals surface area (Å²) >= 11 is 0. The average Bonchev–Trinajstić information content (AvgIpc) is 2.69. The molecule has 4 nitrogen and oxygen atoms in total. The van der Waals surface area contributed by atoms with E-state index < -0.39 is 0 Å². The Morgan fingerprint density at radius 2 is 2.43 bits per heavy atom. The summed E-state index contributed by atoms with van der Waals surface area (Å²) < 4.78 is 5.20. The van der Waals surface area contributed by atoms with E-state index in [2.05, 4.69) is 10.6 Å². The summed E-state index contributed by atoms with van der Waals surface area (Å²) in [5, 5.41) is 6.01. The van der Waals surface area contributed by atoms with Crippen LogP contribution in [-0.4, -0.2) is 25.0 Å². The minimum Gasteiger partial charge on any atom is -0.469 e. The van der Waals surface area contributed by atoms with Gasteiger partial charge in [-0.25, -0.2) is 0 Å². The highest BCUT2D eigenvalue weighted by Gasteiger charge is 2.20. The summed E-state index contributed by atoms with van der Waals surface area (Å²) in [6, 6.07) is 3.73. The number of hydrogen-bond acceptors (Lipinski definition) is 3. The SMILES string of the molecule is O=C1NCCNC1CCc1ccco1. The Morgan fingerprint density at radius 1 is 1.50 bits per heavy atom. The van der Waals surface area contributed by atoms with Crippen molar-refractivity contribution in [1.29, 1.82) is 0 Å². The van der Waals surface area contributed by atoms with Gasteiger partial charge in [-0.2, -0.15) is 0 Å². The van der Waals surface area contributed by atoms with Crippen LogP contribution in [0.3, 0.4) is 0 Å². The van der Waals surface area contributed by atoms with Crippen LogP contribution >= 0.6 is 0 Å². The molecular formula is C10H14N2O2. The molecule has 0 bridgehead atoms. The number of nitrogens with one attached hydrogen (secondary N) is 2. The number of furan rings is 1. The molecule has 1 unspecified atom stereocenters. The fraction of sp³-hybridized carbons (Fsp3) is 0.500. The van der Waals surface area contributed by atoms with Crippen molar-refractivity contribution >= 4 is 5.91 Å². The third kappa shape index (κ3) is 2.14. The molecular weight excluding hydrogens is 180 g/mol. The van der Waals surface area contributed by atoms with Crippen molar-refractivity contribution in [3.8, 4) is 0 Å². The van der Waals surface area contributed by atoms with Gasteiger partial charge in [-0.1, -0.05) is 0 Å². The number of rotatable bonds is 3. The van der Waals surface area contributed by atoms with Gasteiger partial charge < -0.3 is 15.1 Å². The van der Waals surface area contributed by atoms with E-state index in [4.69, 9.17) is 4.42 Å². The molecule has 1 amide bonds. The average molecular weight is 194 g/mol. The van der Waals surface area contributed by atoms with Gasteiger partial charge in [0, 0.05) is 19.5 Å². The van der Waals surface area contributed by atoms with E-state index in [1.165, 1.54) is 0 Å². The third-order valence-corrected chi connectivity index (χ3v) is 2.39. The molecule has 2 rings (SSSR count). The van der Waals surface area contributed by atoms with E-state index in [1.807, 2.05) is 12.1 Å². The standard InChI is InChI=1S/C10H14N2O2/c13-10-9(11-5-6-12-10)4-3-8-2-1-7-14-8/h1-2,7,9,11H,3-6H2,(H,12,13). The van der Waals surface area contributed by atoms with Crippen LogP contribution in [-0.2, 0) is 11.2 Å². The van der Waals surface area contributed by atoms with Crippen LogP contribution in [0.2, 0.25) is 0 Å². The van der Waals surface area contributed by atoms with Crippen molar-refractivity contribution in [3.63, 3.8) is 0 Å². The van der Waals surface area contributed by atoms with Gasteiger partial charge in [-0.15, -0.1) is 0 Å². The Balaban J connectivity index is 1.82. The fourth-order valence-corrected chi connectivity index (χ4v) is 1.62. The number of carbonyl (C=O) groups is 1. The van der Waals surface area contributed by atoms with Gasteiger partial charge in [0.05, 0.1) is 12.3 Å². The fourth-order valence-electron chi connectivity index (χ4n) is 1.62. The second-order valence-electron chi connectivity index (χ2n) is 3.42. The predicted molar refractivity (Wildman–Crippen MR) is 51.8 cm³/mol. The largest absolute Gasteiger partial charge is 0.469 e. The molecule has 76 valence electrons. The van der Waals surface area contributed by atoms with Crippen molar-refractivity contribution in [3.05, 3.63) is 24.2 Å². The van der Waals surface area contributed by atoms with Gasteiger partial charge >= 0.3 is 0 Å². The van der Waals surface area contributed by atoms with Crippen LogP contribution in [0.4, 0.5) is 0 Å². The zero-order valence-electron chi connectivity index (χ0n) is 7.95. The lowest BCUT2D eigenvalue weighted by atomic mass is 10.1. The molecule has 2 N–H and O–H groups in total. The molecule has 2 heterocycles. The van der Waals surface area contributed by atoms with Crippen molar-refractivity contribution < 1.29 is 9.21 Å². The van der Waals surface area contributed by atoms with Crippen molar-refractivity contribution in [1.82, 2.24) is 10.6 Å². The molecule has 1 aliphatic rings. The van der Waals surface area contributed by atoms with E-state index in [9.17, 15) is 4.79 Å². The lowest BCUT2D eigenvalue weighted by molar-refractivity contribution is -0.124. The molecule has 0 spiro atoms. The van der Waals surface area contributed by atoms with Gasteiger partial charge in [0.2, 0.25) is 5.91 Å². The Hall–Kier alpha value is -1.29. The highest BCUT2D eigenvalue weighted by atomic mass is 16.3. The summed E-state index contributed by atoms with van der Waals surface area (Å²) in [4.78, 5) is 11.3. The lowest BCUT2D eigenvalue weighted by Crippen LogP contribution is -2.52. The number of piperazine rings is 1. The smallest absolute Gasteiger partial charge is 0.237 e. The van der Waals surface area contributed by atoms with E-state index in [-0.39, 0.29) is 11.9 Å². The second-order valence-corrected chi connectivity index (χ2v) is 3.42. The van der Waals surface area contributed by atoms with Crippen LogP contribution in [0, 0.1) is 0 Å². The number of carbonyl (C=O) groups excluding carboxylic acids is 1. The topological polar surface area (TPSA) is 54.3 Å². The maximum atomic E-state index is 11.3. The van der Waals surface area contributed by atoms with E-state index in [1.54, 1.807) is 6.26 Å². The van der Waals surface area contributed by atoms with Crippen LogP contribution in [0.25, 0.3) is 0 Å². The van der Waals surface area contributed by atoms with E-state index in [0.717, 1.165) is 31.7 Å². The van der Waals surface area contributed by atoms with Gasteiger partial charge in [0.25, 0.3) is 0 Å². The summed E-state index contributed by atoms with van der Waals surface area (Å²) in [6.07, 6.45) is 3.25. The van der Waals surface area contributed by atoms with E-state index >= 15 is 0 Å². The van der Waals surface area contributed by atoms with Gasteiger partial charge in [-0.05, 0) is 18.6 Å². The molecule has 0 radical (unpaired) electrons. The molecule has 1 atom stereocenters. The zero-order valence-corrected chi connectivity index (χ0v) is 7.95. The molecule has 0 aromatic carbocycles. The zero-order chi connectivity index (χ0) is 9.80. The van der Waals surface area contributed by atoms with Crippen LogP contribution in [0.1, 0.15) is 12.2 Å². The first kappa shape index (κ1) is 9.27. The van der Waals surface area contributed by atoms with Gasteiger partial charge in [0.1, 0.15) is 5.76 Å².